The van der Waals surface area contributed by atoms with Gasteiger partial charge >= 0.3 is 0 Å². The lowest BCUT2D eigenvalue weighted by atomic mass is 9.87. The molecule has 0 aliphatic heterocycles. The van der Waals surface area contributed by atoms with E-state index in [1.165, 1.54) is 45.1 Å². The highest BCUT2D eigenvalue weighted by molar-refractivity contribution is 4.95. The quantitative estimate of drug-likeness (QED) is 0.691. The maximum absolute atomic E-state index is 5.54. The smallest absolute Gasteiger partial charge is 0.129 e. The summed E-state index contributed by atoms with van der Waals surface area (Å²) in [6.07, 6.45) is 11.4. The lowest BCUT2D eigenvalue weighted by Crippen LogP contribution is -2.21. The molecule has 3 heteroatoms. The van der Waals surface area contributed by atoms with Crippen molar-refractivity contribution in [2.24, 2.45) is 5.92 Å². The Morgan fingerprint density at radius 1 is 1.21 bits per heavy atom. The highest BCUT2D eigenvalue weighted by Crippen LogP contribution is 2.25. The number of hydrogen-bond acceptors (Lipinski definition) is 3. The van der Waals surface area contributed by atoms with E-state index in [9.17, 15) is 0 Å². The first-order valence-electron chi connectivity index (χ1n) is 7.76. The molecule has 1 aromatic rings. The fraction of sp³-hybridized carbons (Fsp3) is 0.750. The molecule has 1 N–H and O–H groups in total. The molecule has 0 saturated heterocycles. The van der Waals surface area contributed by atoms with Gasteiger partial charge in [0.1, 0.15) is 12.4 Å². The summed E-state index contributed by atoms with van der Waals surface area (Å²) < 4.78 is 10.7. The highest BCUT2D eigenvalue weighted by atomic mass is 16.5. The van der Waals surface area contributed by atoms with Crippen molar-refractivity contribution in [3.05, 3.63) is 24.2 Å². The molecule has 0 spiro atoms. The first-order chi connectivity index (χ1) is 9.45. The van der Waals surface area contributed by atoms with Gasteiger partial charge in [0.15, 0.2) is 0 Å². The van der Waals surface area contributed by atoms with E-state index in [4.69, 9.17) is 9.15 Å². The summed E-state index contributed by atoms with van der Waals surface area (Å²) in [5.74, 6) is 1.89. The van der Waals surface area contributed by atoms with Crippen LogP contribution in [-0.2, 0) is 11.3 Å². The maximum Gasteiger partial charge on any atom is 0.129 e. The van der Waals surface area contributed by atoms with Crippen LogP contribution in [-0.4, -0.2) is 19.7 Å². The van der Waals surface area contributed by atoms with E-state index in [-0.39, 0.29) is 0 Å². The minimum atomic E-state index is 0.592. The van der Waals surface area contributed by atoms with Crippen molar-refractivity contribution in [1.82, 2.24) is 5.32 Å². The summed E-state index contributed by atoms with van der Waals surface area (Å²) in [5, 5.41) is 3.52. The zero-order valence-corrected chi connectivity index (χ0v) is 11.9. The van der Waals surface area contributed by atoms with Gasteiger partial charge in [-0.3, -0.25) is 0 Å². The van der Waals surface area contributed by atoms with Crippen molar-refractivity contribution in [3.63, 3.8) is 0 Å². The average molecular weight is 265 g/mol. The van der Waals surface area contributed by atoms with Crippen LogP contribution in [0, 0.1) is 5.92 Å². The molecule has 1 saturated carbocycles. The maximum atomic E-state index is 5.54. The molecule has 0 unspecified atom stereocenters. The van der Waals surface area contributed by atoms with E-state index in [2.05, 4.69) is 5.32 Å². The Bertz CT molecular complexity index is 305. The van der Waals surface area contributed by atoms with Crippen LogP contribution in [0.15, 0.2) is 22.8 Å². The molecule has 108 valence electrons. The van der Waals surface area contributed by atoms with Crippen LogP contribution in [0.2, 0.25) is 0 Å². The van der Waals surface area contributed by atoms with Gasteiger partial charge in [0.05, 0.1) is 6.26 Å². The van der Waals surface area contributed by atoms with Crippen LogP contribution < -0.4 is 5.32 Å². The molecule has 1 fully saturated rings. The van der Waals surface area contributed by atoms with Gasteiger partial charge in [0, 0.05) is 6.61 Å². The number of hydrogen-bond donors (Lipinski definition) is 1. The van der Waals surface area contributed by atoms with Gasteiger partial charge in [-0.2, -0.15) is 0 Å². The molecule has 3 nitrogen and oxygen atoms in total. The highest BCUT2D eigenvalue weighted by Gasteiger charge is 2.12. The zero-order valence-electron chi connectivity index (χ0n) is 11.9. The van der Waals surface area contributed by atoms with Crippen LogP contribution in [0.5, 0.6) is 0 Å². The van der Waals surface area contributed by atoms with Crippen LogP contribution >= 0.6 is 0 Å². The van der Waals surface area contributed by atoms with Crippen LogP contribution in [0.3, 0.4) is 0 Å². The summed E-state index contributed by atoms with van der Waals surface area (Å²) >= 11 is 0. The number of rotatable bonds is 9. The third kappa shape index (κ3) is 6.26. The predicted octanol–water partition coefficient (Wildman–Crippen LogP) is 3.75. The Kier molecular flexibility index (Phi) is 7.04. The lowest BCUT2D eigenvalue weighted by Gasteiger charge is -2.21. The van der Waals surface area contributed by atoms with Gasteiger partial charge in [-0.25, -0.2) is 0 Å². The summed E-state index contributed by atoms with van der Waals surface area (Å²) in [5.41, 5.74) is 0. The van der Waals surface area contributed by atoms with Gasteiger partial charge in [-0.15, -0.1) is 0 Å². The number of ether oxygens (including phenoxy) is 1. The second-order valence-electron chi connectivity index (χ2n) is 5.53. The molecule has 0 aromatic carbocycles. The molecule has 0 atom stereocenters. The minimum Gasteiger partial charge on any atom is -0.467 e. The summed E-state index contributed by atoms with van der Waals surface area (Å²) in [4.78, 5) is 0. The largest absolute Gasteiger partial charge is 0.467 e. The predicted molar refractivity (Wildman–Crippen MR) is 77.0 cm³/mol. The lowest BCUT2D eigenvalue weighted by molar-refractivity contribution is 0.104. The fourth-order valence-electron chi connectivity index (χ4n) is 2.77. The molecule has 1 aliphatic carbocycles. The van der Waals surface area contributed by atoms with E-state index < -0.39 is 0 Å². The molecule has 0 amide bonds. The molecule has 0 bridgehead atoms. The molecular weight excluding hydrogens is 238 g/mol. The van der Waals surface area contributed by atoms with Gasteiger partial charge in [0.2, 0.25) is 0 Å². The molecule has 1 heterocycles. The Morgan fingerprint density at radius 3 is 2.89 bits per heavy atom. The SMILES string of the molecule is c1coc(COCCCNCCC2CCCCC2)c1. The third-order valence-corrected chi connectivity index (χ3v) is 3.92. The van der Waals surface area contributed by atoms with Gasteiger partial charge in [-0.1, -0.05) is 32.1 Å². The van der Waals surface area contributed by atoms with Crippen molar-refractivity contribution in [2.75, 3.05) is 19.7 Å². The number of furan rings is 1. The second-order valence-corrected chi connectivity index (χ2v) is 5.53. The van der Waals surface area contributed by atoms with Gasteiger partial charge in [-0.05, 0) is 44.0 Å². The van der Waals surface area contributed by atoms with Gasteiger partial charge in [0.25, 0.3) is 0 Å². The third-order valence-electron chi connectivity index (χ3n) is 3.92. The fourth-order valence-corrected chi connectivity index (χ4v) is 2.77. The Labute approximate surface area is 116 Å². The standard InChI is InChI=1S/C16H27NO2/c1-2-6-15(7-3-1)9-11-17-10-5-12-18-14-16-8-4-13-19-16/h4,8,13,15,17H,1-3,5-7,9-12,14H2. The first-order valence-corrected chi connectivity index (χ1v) is 7.76. The molecular formula is C16H27NO2. The van der Waals surface area contributed by atoms with Crippen molar-refractivity contribution >= 4 is 0 Å². The topological polar surface area (TPSA) is 34.4 Å². The Balaban J connectivity index is 1.36. The van der Waals surface area contributed by atoms with Crippen molar-refractivity contribution < 1.29 is 9.15 Å². The van der Waals surface area contributed by atoms with E-state index >= 15 is 0 Å². The molecule has 2 rings (SSSR count). The first kappa shape index (κ1) is 14.6. The van der Waals surface area contributed by atoms with Crippen LogP contribution in [0.1, 0.15) is 50.7 Å². The normalized spacial score (nSPS) is 16.8. The Hall–Kier alpha value is -0.800. The second kappa shape index (κ2) is 9.16. The van der Waals surface area contributed by atoms with Crippen molar-refractivity contribution in [1.29, 1.82) is 0 Å². The van der Waals surface area contributed by atoms with Crippen molar-refractivity contribution in [3.8, 4) is 0 Å². The monoisotopic (exact) mass is 265 g/mol. The molecule has 1 aliphatic rings. The van der Waals surface area contributed by atoms with Gasteiger partial charge < -0.3 is 14.5 Å². The summed E-state index contributed by atoms with van der Waals surface area (Å²) in [7, 11) is 0. The van der Waals surface area contributed by atoms with E-state index in [0.717, 1.165) is 31.3 Å². The average Bonchev–Trinajstić information content (AvgIpc) is 2.96. The van der Waals surface area contributed by atoms with Crippen LogP contribution in [0.25, 0.3) is 0 Å². The van der Waals surface area contributed by atoms with E-state index in [0.29, 0.717) is 6.61 Å². The molecule has 0 radical (unpaired) electrons. The molecule has 19 heavy (non-hydrogen) atoms. The summed E-state index contributed by atoms with van der Waals surface area (Å²) in [6, 6.07) is 3.84. The Morgan fingerprint density at radius 2 is 2.11 bits per heavy atom. The minimum absolute atomic E-state index is 0.592. The van der Waals surface area contributed by atoms with E-state index in [1.54, 1.807) is 6.26 Å². The summed E-state index contributed by atoms with van der Waals surface area (Å²) in [6.45, 7) is 3.62. The van der Waals surface area contributed by atoms with E-state index in [1.807, 2.05) is 12.1 Å². The number of nitrogens with one attached hydrogen (secondary N) is 1. The van der Waals surface area contributed by atoms with Crippen LogP contribution in [0.4, 0.5) is 0 Å². The zero-order chi connectivity index (χ0) is 13.2. The van der Waals surface area contributed by atoms with Crippen molar-refractivity contribution in [2.45, 2.75) is 51.6 Å². The molecule has 1 aromatic heterocycles.